The van der Waals surface area contributed by atoms with Gasteiger partial charge in [0.1, 0.15) is 11.5 Å². The fourth-order valence-corrected chi connectivity index (χ4v) is 4.45. The van der Waals surface area contributed by atoms with Crippen molar-refractivity contribution >= 4 is 11.4 Å². The van der Waals surface area contributed by atoms with Crippen LogP contribution in [0.5, 0.6) is 0 Å². The minimum atomic E-state index is -1.03. The van der Waals surface area contributed by atoms with E-state index < -0.39 is 11.6 Å². The summed E-state index contributed by atoms with van der Waals surface area (Å²) in [5, 5.41) is 14.9. The zero-order chi connectivity index (χ0) is 22.1. The third-order valence-electron chi connectivity index (χ3n) is 6.22. The van der Waals surface area contributed by atoms with E-state index in [0.717, 1.165) is 48.9 Å². The molecule has 0 aliphatic carbocycles. The molecule has 166 valence electrons. The lowest BCUT2D eigenvalue weighted by Crippen LogP contribution is -2.44. The first-order valence-electron chi connectivity index (χ1n) is 10.7. The highest BCUT2D eigenvalue weighted by atomic mass is 19.2. The fourth-order valence-electron chi connectivity index (χ4n) is 4.45. The maximum Gasteiger partial charge on any atom is 0.190 e. The predicted molar refractivity (Wildman–Crippen MR) is 117 cm³/mol. The van der Waals surface area contributed by atoms with Gasteiger partial charge in [-0.05, 0) is 72.1 Å². The maximum absolute atomic E-state index is 14.4. The number of tetrazole rings is 1. The van der Waals surface area contributed by atoms with Crippen molar-refractivity contribution in [1.29, 1.82) is 0 Å². The Bertz CT molecular complexity index is 1150. The lowest BCUT2D eigenvalue weighted by Gasteiger charge is -2.36. The number of benzene rings is 1. The van der Waals surface area contributed by atoms with Crippen molar-refractivity contribution in [3.63, 3.8) is 0 Å². The summed E-state index contributed by atoms with van der Waals surface area (Å²) < 4.78 is 29.3. The van der Waals surface area contributed by atoms with E-state index in [4.69, 9.17) is 5.73 Å². The molecule has 4 heterocycles. The molecule has 0 spiro atoms. The Kier molecular flexibility index (Phi) is 5.62. The molecule has 0 saturated carbocycles. The predicted octanol–water partition coefficient (Wildman–Crippen LogP) is 2.43. The number of nitrogen functional groups attached to an aromatic ring is 1. The first-order chi connectivity index (χ1) is 15.6. The molecule has 2 aliphatic heterocycles. The van der Waals surface area contributed by atoms with Gasteiger partial charge >= 0.3 is 0 Å². The molecule has 1 aromatic carbocycles. The van der Waals surface area contributed by atoms with E-state index in [2.05, 4.69) is 36.8 Å². The zero-order valence-corrected chi connectivity index (χ0v) is 17.5. The van der Waals surface area contributed by atoms with E-state index in [9.17, 15) is 8.78 Å². The number of pyridine rings is 1. The maximum atomic E-state index is 14.4. The van der Waals surface area contributed by atoms with Crippen LogP contribution in [0.2, 0.25) is 0 Å². The van der Waals surface area contributed by atoms with E-state index >= 15 is 0 Å². The van der Waals surface area contributed by atoms with Gasteiger partial charge in [0.25, 0.3) is 0 Å². The number of hydrogen-bond donors (Lipinski definition) is 2. The molecule has 2 aliphatic rings. The van der Waals surface area contributed by atoms with Crippen LogP contribution in [-0.4, -0.2) is 62.3 Å². The molecule has 2 aromatic heterocycles. The van der Waals surface area contributed by atoms with Gasteiger partial charge < -0.3 is 11.1 Å². The van der Waals surface area contributed by atoms with Crippen LogP contribution in [0, 0.1) is 11.6 Å². The molecule has 5 rings (SSSR count). The van der Waals surface area contributed by atoms with E-state index in [0.29, 0.717) is 11.6 Å². The van der Waals surface area contributed by atoms with E-state index in [1.165, 1.54) is 30.5 Å². The van der Waals surface area contributed by atoms with Crippen molar-refractivity contribution < 1.29 is 8.78 Å². The van der Waals surface area contributed by atoms with Gasteiger partial charge in [-0.2, -0.15) is 4.68 Å². The lowest BCUT2D eigenvalue weighted by atomic mass is 9.96. The molecule has 3 aromatic rings. The van der Waals surface area contributed by atoms with Gasteiger partial charge in [0.15, 0.2) is 17.5 Å². The van der Waals surface area contributed by atoms with E-state index in [1.54, 1.807) is 6.20 Å². The number of rotatable bonds is 4. The zero-order valence-electron chi connectivity index (χ0n) is 17.5. The Balaban J connectivity index is 1.44. The summed E-state index contributed by atoms with van der Waals surface area (Å²) in [6, 6.07) is 6.35. The molecule has 10 heteroatoms. The number of hydrogen-bond acceptors (Lipinski definition) is 7. The number of aromatic nitrogens is 5. The Labute approximate surface area is 184 Å². The van der Waals surface area contributed by atoms with Crippen molar-refractivity contribution in [1.82, 2.24) is 35.4 Å². The van der Waals surface area contributed by atoms with Crippen molar-refractivity contribution in [2.45, 2.75) is 25.3 Å². The Hall–Kier alpha value is -3.24. The fraction of sp³-hybridized carbons (Fsp3) is 0.364. The molecular weight excluding hydrogens is 414 g/mol. The second-order valence-corrected chi connectivity index (χ2v) is 8.10. The first-order valence-corrected chi connectivity index (χ1v) is 10.7. The molecule has 0 bridgehead atoms. The van der Waals surface area contributed by atoms with Crippen LogP contribution < -0.4 is 11.1 Å². The summed E-state index contributed by atoms with van der Waals surface area (Å²) in [6.45, 7) is 4.03. The van der Waals surface area contributed by atoms with Crippen molar-refractivity contribution in [2.24, 2.45) is 0 Å². The highest BCUT2D eigenvalue weighted by Gasteiger charge is 2.24. The van der Waals surface area contributed by atoms with E-state index in [-0.39, 0.29) is 17.3 Å². The van der Waals surface area contributed by atoms with Crippen LogP contribution in [0.25, 0.3) is 22.6 Å². The third kappa shape index (κ3) is 3.87. The number of nitrogens with two attached hydrogens (primary N) is 1. The van der Waals surface area contributed by atoms with Crippen molar-refractivity contribution in [2.75, 3.05) is 31.9 Å². The van der Waals surface area contributed by atoms with Gasteiger partial charge in [0.05, 0.1) is 5.56 Å². The van der Waals surface area contributed by atoms with E-state index in [1.807, 2.05) is 6.07 Å². The quantitative estimate of drug-likeness (QED) is 0.646. The van der Waals surface area contributed by atoms with Crippen LogP contribution >= 0.6 is 0 Å². The minimum absolute atomic E-state index is 0.0932. The number of nitrogens with one attached hydrogen (secondary N) is 1. The Morgan fingerprint density at radius 1 is 1.16 bits per heavy atom. The van der Waals surface area contributed by atoms with Gasteiger partial charge in [-0.1, -0.05) is 12.1 Å². The third-order valence-corrected chi connectivity index (χ3v) is 6.22. The van der Waals surface area contributed by atoms with Crippen molar-refractivity contribution in [3.05, 3.63) is 53.7 Å². The average molecular weight is 438 g/mol. The summed E-state index contributed by atoms with van der Waals surface area (Å²) in [7, 11) is 0. The molecule has 0 amide bonds. The number of piperidine rings is 1. The molecule has 0 radical (unpaired) electrons. The first kappa shape index (κ1) is 20.7. The average Bonchev–Trinajstić information content (AvgIpc) is 3.31. The Morgan fingerprint density at radius 2 is 2.00 bits per heavy atom. The molecule has 1 saturated heterocycles. The van der Waals surface area contributed by atoms with Crippen LogP contribution in [0.4, 0.5) is 14.6 Å². The normalized spacial score (nSPS) is 18.0. The molecule has 0 unspecified atom stereocenters. The highest BCUT2D eigenvalue weighted by molar-refractivity contribution is 5.76. The number of nitrogens with zero attached hydrogens (tertiary/aromatic N) is 6. The molecular formula is C22H24F2N8. The summed E-state index contributed by atoms with van der Waals surface area (Å²) in [5.74, 6) is -1.59. The van der Waals surface area contributed by atoms with Crippen LogP contribution in [-0.2, 0) is 0 Å². The standard InChI is InChI=1S/C22H24F2N8/c23-18-2-1-3-19(20(18)24)32-22(28-29-30-32)17-12-15(13-27-21(17)25)14-6-10-31(11-7-14)16-4-8-26-9-5-16/h1-3,6,12-13,16,26H,4-5,7-11H2,(H2,25,27). The minimum Gasteiger partial charge on any atom is -0.383 e. The summed E-state index contributed by atoms with van der Waals surface area (Å²) in [6.07, 6.45) is 7.23. The van der Waals surface area contributed by atoms with Crippen LogP contribution in [0.3, 0.4) is 0 Å². The Morgan fingerprint density at radius 3 is 2.78 bits per heavy atom. The van der Waals surface area contributed by atoms with Gasteiger partial charge in [0.2, 0.25) is 0 Å². The highest BCUT2D eigenvalue weighted by Crippen LogP contribution is 2.31. The molecule has 1 fully saturated rings. The molecule has 8 nitrogen and oxygen atoms in total. The summed E-state index contributed by atoms with van der Waals surface area (Å²) in [5.41, 5.74) is 8.61. The topological polar surface area (TPSA) is 97.8 Å². The van der Waals surface area contributed by atoms with Gasteiger partial charge in [0, 0.05) is 25.3 Å². The second-order valence-electron chi connectivity index (χ2n) is 8.10. The lowest BCUT2D eigenvalue weighted by molar-refractivity contribution is 0.178. The molecule has 0 atom stereocenters. The second kappa shape index (κ2) is 8.71. The summed E-state index contributed by atoms with van der Waals surface area (Å²) in [4.78, 5) is 6.86. The smallest absolute Gasteiger partial charge is 0.190 e. The van der Waals surface area contributed by atoms with Gasteiger partial charge in [-0.3, -0.25) is 4.90 Å². The SMILES string of the molecule is Nc1ncc(C2=CCN(C3CCNCC3)CC2)cc1-c1nnnn1-c1cccc(F)c1F. The summed E-state index contributed by atoms with van der Waals surface area (Å²) >= 11 is 0. The molecule has 3 N–H and O–H groups in total. The van der Waals surface area contributed by atoms with Crippen LogP contribution in [0.15, 0.2) is 36.5 Å². The van der Waals surface area contributed by atoms with Crippen LogP contribution in [0.1, 0.15) is 24.8 Å². The monoisotopic (exact) mass is 438 g/mol. The van der Waals surface area contributed by atoms with Gasteiger partial charge in [-0.25, -0.2) is 13.8 Å². The number of anilines is 1. The largest absolute Gasteiger partial charge is 0.383 e. The van der Waals surface area contributed by atoms with Crippen molar-refractivity contribution in [3.8, 4) is 17.1 Å². The van der Waals surface area contributed by atoms with Gasteiger partial charge in [-0.15, -0.1) is 5.10 Å². The molecule has 32 heavy (non-hydrogen) atoms. The number of halogens is 2.